The van der Waals surface area contributed by atoms with Gasteiger partial charge in [-0.1, -0.05) is 27.7 Å². The standard InChI is InChI=1S/C27H42O5/c1-14-7-8-27(31-13-14)15(2)24-22(32-27)10-19-17-6-5-16-9-20(28)21(29)12-25(16,3)18(17)11-23(30)26(19,24)4/h14-22,24,28-29H,5-13H2,1-4H3/t14-,15+,16+,17-,18+,19-,20+,21-,22-,24+,25+,26-,27-/m1/s1. The molecule has 5 heteroatoms. The van der Waals surface area contributed by atoms with Gasteiger partial charge in [-0.25, -0.2) is 0 Å². The fraction of sp³-hybridized carbons (Fsp3) is 0.963. The SMILES string of the molecule is C[C@@H]1CC[C@@]2(OC1)O[C@@H]1C[C@@H]3[C@@H]4CC[C@H]5C[C@H](O)[C@H](O)C[C@]5(C)[C@H]4CC(=O)[C@]3(C)[C@H]1[C@@H]2C. The minimum absolute atomic E-state index is 0.0490. The fourth-order valence-corrected chi connectivity index (χ4v) is 9.97. The predicted octanol–water partition coefficient (Wildman–Crippen LogP) is 3.94. The summed E-state index contributed by atoms with van der Waals surface area (Å²) in [5, 5.41) is 20.8. The van der Waals surface area contributed by atoms with Crippen LogP contribution in [0.2, 0.25) is 0 Å². The first-order valence-electron chi connectivity index (χ1n) is 13.3. The molecule has 4 aliphatic carbocycles. The number of ether oxygens (including phenoxy) is 2. The molecule has 2 heterocycles. The van der Waals surface area contributed by atoms with Crippen LogP contribution in [0.4, 0.5) is 0 Å². The minimum Gasteiger partial charge on any atom is -0.390 e. The summed E-state index contributed by atoms with van der Waals surface area (Å²) in [6.45, 7) is 9.86. The molecule has 32 heavy (non-hydrogen) atoms. The van der Waals surface area contributed by atoms with Crippen LogP contribution in [0.1, 0.15) is 79.1 Å². The zero-order valence-electron chi connectivity index (χ0n) is 20.3. The van der Waals surface area contributed by atoms with Crippen LogP contribution in [-0.4, -0.2) is 46.7 Å². The van der Waals surface area contributed by atoms with Crippen LogP contribution in [0.15, 0.2) is 0 Å². The molecule has 6 aliphatic rings. The molecule has 2 N–H and O–H groups in total. The van der Waals surface area contributed by atoms with Crippen LogP contribution in [0.3, 0.4) is 0 Å². The molecule has 0 aromatic heterocycles. The van der Waals surface area contributed by atoms with Gasteiger partial charge in [-0.05, 0) is 73.5 Å². The average Bonchev–Trinajstić information content (AvgIpc) is 3.19. The van der Waals surface area contributed by atoms with Crippen molar-refractivity contribution >= 4 is 5.78 Å². The maximum absolute atomic E-state index is 14.0. The van der Waals surface area contributed by atoms with Gasteiger partial charge in [-0.2, -0.15) is 0 Å². The summed E-state index contributed by atoms with van der Waals surface area (Å²) in [6, 6.07) is 0. The molecule has 5 nitrogen and oxygen atoms in total. The fourth-order valence-electron chi connectivity index (χ4n) is 9.97. The summed E-state index contributed by atoms with van der Waals surface area (Å²) in [6.07, 6.45) is 6.12. The highest BCUT2D eigenvalue weighted by molar-refractivity contribution is 5.87. The van der Waals surface area contributed by atoms with E-state index in [-0.39, 0.29) is 28.8 Å². The number of ketones is 1. The van der Waals surface area contributed by atoms with Crippen molar-refractivity contribution in [3.8, 4) is 0 Å². The molecule has 0 radical (unpaired) electrons. The highest BCUT2D eigenvalue weighted by atomic mass is 16.7. The van der Waals surface area contributed by atoms with Crippen molar-refractivity contribution in [2.75, 3.05) is 6.61 Å². The van der Waals surface area contributed by atoms with Crippen molar-refractivity contribution in [2.24, 2.45) is 52.3 Å². The van der Waals surface area contributed by atoms with Crippen LogP contribution in [0.5, 0.6) is 0 Å². The lowest BCUT2D eigenvalue weighted by Gasteiger charge is -2.61. The zero-order valence-corrected chi connectivity index (χ0v) is 20.3. The number of aliphatic hydroxyl groups excluding tert-OH is 2. The van der Waals surface area contributed by atoms with Crippen molar-refractivity contribution in [3.05, 3.63) is 0 Å². The molecule has 4 saturated carbocycles. The second-order valence-corrected chi connectivity index (χ2v) is 13.1. The van der Waals surface area contributed by atoms with Gasteiger partial charge in [0.15, 0.2) is 5.79 Å². The van der Waals surface area contributed by atoms with E-state index in [0.29, 0.717) is 54.6 Å². The van der Waals surface area contributed by atoms with Gasteiger partial charge >= 0.3 is 0 Å². The molecular weight excluding hydrogens is 404 g/mol. The summed E-state index contributed by atoms with van der Waals surface area (Å²) in [5.41, 5.74) is -0.371. The maximum atomic E-state index is 14.0. The Hall–Kier alpha value is -0.490. The Labute approximate surface area is 192 Å². The third-order valence-corrected chi connectivity index (χ3v) is 11.8. The lowest BCUT2D eigenvalue weighted by atomic mass is 9.43. The van der Waals surface area contributed by atoms with Gasteiger partial charge in [0, 0.05) is 30.1 Å². The summed E-state index contributed by atoms with van der Waals surface area (Å²) in [4.78, 5) is 14.0. The number of Topliss-reactive ketones (excluding diaryl/α,β-unsaturated/α-hetero) is 1. The first-order valence-corrected chi connectivity index (χ1v) is 13.3. The first-order chi connectivity index (χ1) is 15.1. The Bertz CT molecular complexity index is 789. The quantitative estimate of drug-likeness (QED) is 0.589. The summed E-state index contributed by atoms with van der Waals surface area (Å²) >= 11 is 0. The van der Waals surface area contributed by atoms with E-state index in [0.717, 1.165) is 38.7 Å². The van der Waals surface area contributed by atoms with E-state index < -0.39 is 18.0 Å². The molecule has 0 unspecified atom stereocenters. The largest absolute Gasteiger partial charge is 0.390 e. The van der Waals surface area contributed by atoms with Crippen molar-refractivity contribution in [1.82, 2.24) is 0 Å². The molecule has 0 bridgehead atoms. The van der Waals surface area contributed by atoms with Gasteiger partial charge in [0.1, 0.15) is 5.78 Å². The third-order valence-electron chi connectivity index (χ3n) is 11.8. The number of aliphatic hydroxyl groups is 2. The number of carbonyl (C=O) groups excluding carboxylic acids is 1. The molecule has 0 amide bonds. The smallest absolute Gasteiger partial charge is 0.171 e. The van der Waals surface area contributed by atoms with E-state index in [9.17, 15) is 15.0 Å². The van der Waals surface area contributed by atoms with Gasteiger partial charge in [0.2, 0.25) is 0 Å². The summed E-state index contributed by atoms with van der Waals surface area (Å²) < 4.78 is 13.2. The van der Waals surface area contributed by atoms with E-state index in [4.69, 9.17) is 9.47 Å². The van der Waals surface area contributed by atoms with Crippen LogP contribution in [0, 0.1) is 52.3 Å². The predicted molar refractivity (Wildman–Crippen MR) is 120 cm³/mol. The number of carbonyl (C=O) groups is 1. The highest BCUT2D eigenvalue weighted by Gasteiger charge is 2.71. The second kappa shape index (κ2) is 7.02. The lowest BCUT2D eigenvalue weighted by Crippen LogP contribution is -2.59. The number of rotatable bonds is 0. The molecule has 2 saturated heterocycles. The monoisotopic (exact) mass is 446 g/mol. The van der Waals surface area contributed by atoms with Crippen molar-refractivity contribution in [1.29, 1.82) is 0 Å². The molecule has 2 aliphatic heterocycles. The Morgan fingerprint density at radius 1 is 1.00 bits per heavy atom. The Morgan fingerprint density at radius 3 is 2.50 bits per heavy atom. The van der Waals surface area contributed by atoms with Crippen molar-refractivity contribution in [3.63, 3.8) is 0 Å². The molecule has 1 spiro atoms. The normalized spacial score (nSPS) is 61.8. The van der Waals surface area contributed by atoms with E-state index in [1.165, 1.54) is 0 Å². The van der Waals surface area contributed by atoms with E-state index in [1.807, 2.05) is 0 Å². The Balaban J connectivity index is 1.30. The van der Waals surface area contributed by atoms with Crippen LogP contribution < -0.4 is 0 Å². The Morgan fingerprint density at radius 2 is 1.78 bits per heavy atom. The van der Waals surface area contributed by atoms with Gasteiger partial charge in [0.25, 0.3) is 0 Å². The van der Waals surface area contributed by atoms with Crippen LogP contribution >= 0.6 is 0 Å². The number of fused-ring (bicyclic) bond motifs is 7. The molecule has 0 aromatic carbocycles. The molecule has 180 valence electrons. The van der Waals surface area contributed by atoms with Crippen molar-refractivity contribution < 1.29 is 24.5 Å². The maximum Gasteiger partial charge on any atom is 0.171 e. The van der Waals surface area contributed by atoms with E-state index in [1.54, 1.807) is 0 Å². The van der Waals surface area contributed by atoms with Crippen LogP contribution in [0.25, 0.3) is 0 Å². The molecule has 13 atom stereocenters. The first kappa shape index (κ1) is 22.0. The molecule has 0 aromatic rings. The van der Waals surface area contributed by atoms with Crippen LogP contribution in [-0.2, 0) is 14.3 Å². The topological polar surface area (TPSA) is 76.0 Å². The highest BCUT2D eigenvalue weighted by Crippen LogP contribution is 2.70. The molecule has 6 rings (SSSR count). The van der Waals surface area contributed by atoms with E-state index in [2.05, 4.69) is 27.7 Å². The van der Waals surface area contributed by atoms with Gasteiger partial charge in [0.05, 0.1) is 24.9 Å². The van der Waals surface area contributed by atoms with E-state index >= 15 is 0 Å². The minimum atomic E-state index is -0.657. The summed E-state index contributed by atoms with van der Waals surface area (Å²) in [5.74, 6) is 2.64. The molecular formula is C27H42O5. The third kappa shape index (κ3) is 2.69. The van der Waals surface area contributed by atoms with Gasteiger partial charge in [-0.3, -0.25) is 4.79 Å². The summed E-state index contributed by atoms with van der Waals surface area (Å²) in [7, 11) is 0. The number of hydrogen-bond acceptors (Lipinski definition) is 5. The van der Waals surface area contributed by atoms with Gasteiger partial charge < -0.3 is 19.7 Å². The molecule has 6 fully saturated rings. The van der Waals surface area contributed by atoms with Gasteiger partial charge in [-0.15, -0.1) is 0 Å². The zero-order chi connectivity index (χ0) is 22.6. The second-order valence-electron chi connectivity index (χ2n) is 13.1. The Kier molecular flexibility index (Phi) is 4.83. The van der Waals surface area contributed by atoms with Crippen molar-refractivity contribution in [2.45, 2.75) is 103 Å². The average molecular weight is 447 g/mol. The lowest BCUT2D eigenvalue weighted by molar-refractivity contribution is -0.272. The number of hydrogen-bond donors (Lipinski definition) is 2.